The van der Waals surface area contributed by atoms with E-state index in [4.69, 9.17) is 5.73 Å². The summed E-state index contributed by atoms with van der Waals surface area (Å²) in [6, 6.07) is 8.13. The van der Waals surface area contributed by atoms with Gasteiger partial charge in [-0.15, -0.1) is 0 Å². The van der Waals surface area contributed by atoms with Crippen molar-refractivity contribution < 1.29 is 0 Å². The molecule has 0 aliphatic heterocycles. The first-order valence-electron chi connectivity index (χ1n) is 5.22. The minimum absolute atomic E-state index is 0.286. The third-order valence-electron chi connectivity index (χ3n) is 2.36. The van der Waals surface area contributed by atoms with E-state index in [-0.39, 0.29) is 5.95 Å². The maximum Gasteiger partial charge on any atom is 0.221 e. The zero-order valence-electron chi connectivity index (χ0n) is 9.44. The van der Waals surface area contributed by atoms with Gasteiger partial charge >= 0.3 is 0 Å². The maximum atomic E-state index is 5.55. The zero-order valence-corrected chi connectivity index (χ0v) is 11.0. The highest BCUT2D eigenvalue weighted by molar-refractivity contribution is 9.10. The molecule has 2 rings (SSSR count). The molecular formula is C12H13BrN4. The van der Waals surface area contributed by atoms with E-state index >= 15 is 0 Å². The summed E-state index contributed by atoms with van der Waals surface area (Å²) in [5, 5.41) is 3.24. The van der Waals surface area contributed by atoms with Gasteiger partial charge in [0.2, 0.25) is 5.95 Å². The number of nitrogens with zero attached hydrogens (tertiary/aromatic N) is 2. The van der Waals surface area contributed by atoms with Crippen LogP contribution in [0.2, 0.25) is 0 Å². The molecule has 5 heteroatoms. The Morgan fingerprint density at radius 3 is 2.71 bits per heavy atom. The predicted molar refractivity (Wildman–Crippen MR) is 72.7 cm³/mol. The molecule has 0 saturated carbocycles. The Balaban J connectivity index is 2.07. The van der Waals surface area contributed by atoms with Gasteiger partial charge in [-0.1, -0.05) is 28.1 Å². The molecule has 88 valence electrons. The number of halogens is 1. The fraction of sp³-hybridized carbons (Fsp3) is 0.167. The molecule has 1 aromatic carbocycles. The summed E-state index contributed by atoms with van der Waals surface area (Å²) in [4.78, 5) is 8.08. The van der Waals surface area contributed by atoms with Crippen LogP contribution in [0.25, 0.3) is 0 Å². The van der Waals surface area contributed by atoms with Crippen molar-refractivity contribution in [1.82, 2.24) is 9.97 Å². The summed E-state index contributed by atoms with van der Waals surface area (Å²) in [6.45, 7) is 2.66. The van der Waals surface area contributed by atoms with Crippen LogP contribution in [0.15, 0.2) is 34.9 Å². The lowest BCUT2D eigenvalue weighted by Gasteiger charge is -2.08. The van der Waals surface area contributed by atoms with Gasteiger partial charge in [-0.25, -0.2) is 4.98 Å². The fourth-order valence-electron chi connectivity index (χ4n) is 1.42. The van der Waals surface area contributed by atoms with Crippen LogP contribution >= 0.6 is 15.9 Å². The van der Waals surface area contributed by atoms with Crippen molar-refractivity contribution in [3.05, 3.63) is 46.1 Å². The Bertz CT molecular complexity index is 510. The van der Waals surface area contributed by atoms with Crippen LogP contribution in [0.5, 0.6) is 0 Å². The minimum atomic E-state index is 0.286. The van der Waals surface area contributed by atoms with E-state index in [1.54, 1.807) is 6.20 Å². The number of nitrogens with two attached hydrogens (primary N) is 1. The predicted octanol–water partition coefficient (Wildman–Crippen LogP) is 2.74. The monoisotopic (exact) mass is 292 g/mol. The highest BCUT2D eigenvalue weighted by atomic mass is 79.9. The van der Waals surface area contributed by atoms with Gasteiger partial charge in [-0.2, -0.15) is 4.98 Å². The summed E-state index contributed by atoms with van der Waals surface area (Å²) in [5.41, 5.74) is 7.72. The number of benzene rings is 1. The molecular weight excluding hydrogens is 280 g/mol. The smallest absolute Gasteiger partial charge is 0.221 e. The molecule has 0 aliphatic rings. The molecule has 1 aromatic heterocycles. The van der Waals surface area contributed by atoms with Gasteiger partial charge in [-0.05, 0) is 24.6 Å². The number of aromatic nitrogens is 2. The number of aryl methyl sites for hydroxylation is 1. The summed E-state index contributed by atoms with van der Waals surface area (Å²) in [7, 11) is 0. The molecule has 0 atom stereocenters. The van der Waals surface area contributed by atoms with E-state index in [1.807, 2.05) is 19.1 Å². The first-order valence-corrected chi connectivity index (χ1v) is 6.02. The van der Waals surface area contributed by atoms with Gasteiger partial charge in [0.1, 0.15) is 5.82 Å². The maximum absolute atomic E-state index is 5.55. The fourth-order valence-corrected chi connectivity index (χ4v) is 1.69. The molecule has 1 heterocycles. The minimum Gasteiger partial charge on any atom is -0.368 e. The molecule has 0 unspecified atom stereocenters. The van der Waals surface area contributed by atoms with Crippen molar-refractivity contribution in [2.45, 2.75) is 13.5 Å². The topological polar surface area (TPSA) is 63.8 Å². The van der Waals surface area contributed by atoms with Crippen LogP contribution < -0.4 is 11.1 Å². The van der Waals surface area contributed by atoms with Crippen LogP contribution in [0, 0.1) is 6.92 Å². The van der Waals surface area contributed by atoms with E-state index in [0.29, 0.717) is 6.54 Å². The third kappa shape index (κ3) is 3.17. The molecule has 0 amide bonds. The Morgan fingerprint density at radius 2 is 2.00 bits per heavy atom. The number of hydrogen-bond acceptors (Lipinski definition) is 4. The van der Waals surface area contributed by atoms with Crippen LogP contribution in [0.1, 0.15) is 11.1 Å². The molecule has 2 aromatic rings. The normalized spacial score (nSPS) is 10.2. The number of nitrogen functional groups attached to an aromatic ring is 1. The van der Waals surface area contributed by atoms with Crippen LogP contribution in [-0.2, 0) is 6.54 Å². The van der Waals surface area contributed by atoms with Crippen molar-refractivity contribution >= 4 is 27.7 Å². The first-order chi connectivity index (χ1) is 8.15. The van der Waals surface area contributed by atoms with E-state index in [2.05, 4.69) is 43.3 Å². The molecule has 0 radical (unpaired) electrons. The Labute approximate surface area is 108 Å². The lowest BCUT2D eigenvalue weighted by molar-refractivity contribution is 1.07. The molecule has 4 nitrogen and oxygen atoms in total. The summed E-state index contributed by atoms with van der Waals surface area (Å²) < 4.78 is 1.07. The molecule has 0 aliphatic carbocycles. The van der Waals surface area contributed by atoms with Gasteiger partial charge in [0.15, 0.2) is 0 Å². The average molecular weight is 293 g/mol. The molecule has 0 spiro atoms. The van der Waals surface area contributed by atoms with E-state index in [1.165, 1.54) is 5.56 Å². The highest BCUT2D eigenvalue weighted by Gasteiger charge is 2.01. The Hall–Kier alpha value is -1.62. The van der Waals surface area contributed by atoms with Crippen molar-refractivity contribution in [2.75, 3.05) is 11.1 Å². The first kappa shape index (κ1) is 11.9. The van der Waals surface area contributed by atoms with Crippen molar-refractivity contribution in [2.24, 2.45) is 0 Å². The molecule has 3 N–H and O–H groups in total. The van der Waals surface area contributed by atoms with Crippen molar-refractivity contribution in [1.29, 1.82) is 0 Å². The number of anilines is 2. The molecule has 17 heavy (non-hydrogen) atoms. The standard InChI is InChI=1S/C12H13BrN4/c1-8-6-16-12(14)17-11(8)15-7-9-2-4-10(13)5-3-9/h2-6H,7H2,1H3,(H3,14,15,16,17). The quantitative estimate of drug-likeness (QED) is 0.913. The van der Waals surface area contributed by atoms with Gasteiger partial charge < -0.3 is 11.1 Å². The summed E-state index contributed by atoms with van der Waals surface area (Å²) in [6.07, 6.45) is 1.71. The van der Waals surface area contributed by atoms with E-state index < -0.39 is 0 Å². The highest BCUT2D eigenvalue weighted by Crippen LogP contribution is 2.14. The van der Waals surface area contributed by atoms with Gasteiger partial charge in [0.25, 0.3) is 0 Å². The number of rotatable bonds is 3. The Kier molecular flexibility index (Phi) is 3.58. The third-order valence-corrected chi connectivity index (χ3v) is 2.89. The van der Waals surface area contributed by atoms with Crippen molar-refractivity contribution in [3.8, 4) is 0 Å². The lowest BCUT2D eigenvalue weighted by Crippen LogP contribution is -2.06. The second-order valence-electron chi connectivity index (χ2n) is 3.74. The average Bonchev–Trinajstić information content (AvgIpc) is 2.32. The van der Waals surface area contributed by atoms with Crippen LogP contribution in [0.4, 0.5) is 11.8 Å². The summed E-state index contributed by atoms with van der Waals surface area (Å²) >= 11 is 3.41. The molecule has 0 saturated heterocycles. The molecule has 0 bridgehead atoms. The Morgan fingerprint density at radius 1 is 1.29 bits per heavy atom. The van der Waals surface area contributed by atoms with Gasteiger partial charge in [-0.3, -0.25) is 0 Å². The number of nitrogens with one attached hydrogen (secondary N) is 1. The van der Waals surface area contributed by atoms with Gasteiger partial charge in [0, 0.05) is 22.8 Å². The SMILES string of the molecule is Cc1cnc(N)nc1NCc1ccc(Br)cc1. The summed E-state index contributed by atoms with van der Waals surface area (Å²) in [5.74, 6) is 1.06. The lowest BCUT2D eigenvalue weighted by atomic mass is 10.2. The van der Waals surface area contributed by atoms with Crippen LogP contribution in [-0.4, -0.2) is 9.97 Å². The number of hydrogen-bond donors (Lipinski definition) is 2. The van der Waals surface area contributed by atoms with Crippen molar-refractivity contribution in [3.63, 3.8) is 0 Å². The van der Waals surface area contributed by atoms with Crippen LogP contribution in [0.3, 0.4) is 0 Å². The zero-order chi connectivity index (χ0) is 12.3. The van der Waals surface area contributed by atoms with Gasteiger partial charge in [0.05, 0.1) is 0 Å². The second kappa shape index (κ2) is 5.14. The second-order valence-corrected chi connectivity index (χ2v) is 4.66. The largest absolute Gasteiger partial charge is 0.368 e. The van der Waals surface area contributed by atoms with E-state index in [0.717, 1.165) is 15.9 Å². The van der Waals surface area contributed by atoms with E-state index in [9.17, 15) is 0 Å². The molecule has 0 fully saturated rings.